The standard InChI is InChI=1S/C18H14Cl2N2O4/c19-10-1-3-13(12(20)7-10)22-17(24)18(5-6-18)16(23)21-11-2-4-14-15(8-11)26-9-25-14/h1-4,7-8H,5-6,9H2,(H,21,23)(H,22,24). The van der Waals surface area contributed by atoms with Crippen molar-refractivity contribution in [1.29, 1.82) is 0 Å². The van der Waals surface area contributed by atoms with E-state index < -0.39 is 5.41 Å². The van der Waals surface area contributed by atoms with E-state index in [-0.39, 0.29) is 18.6 Å². The van der Waals surface area contributed by atoms with E-state index >= 15 is 0 Å². The largest absolute Gasteiger partial charge is 0.454 e. The lowest BCUT2D eigenvalue weighted by Crippen LogP contribution is -2.35. The summed E-state index contributed by atoms with van der Waals surface area (Å²) in [4.78, 5) is 25.3. The van der Waals surface area contributed by atoms with Crippen molar-refractivity contribution in [3.63, 3.8) is 0 Å². The first-order valence-electron chi connectivity index (χ1n) is 7.95. The molecule has 134 valence electrons. The second kappa shape index (κ2) is 6.37. The highest BCUT2D eigenvalue weighted by Gasteiger charge is 2.56. The third-order valence-electron chi connectivity index (χ3n) is 4.43. The predicted molar refractivity (Wildman–Crippen MR) is 98.0 cm³/mol. The summed E-state index contributed by atoms with van der Waals surface area (Å²) < 4.78 is 10.5. The molecule has 2 amide bonds. The predicted octanol–water partition coefficient (Wildman–Crippen LogP) is 4.08. The number of fused-ring (bicyclic) bond motifs is 1. The zero-order valence-electron chi connectivity index (χ0n) is 13.5. The second-order valence-corrected chi connectivity index (χ2v) is 7.03. The van der Waals surface area contributed by atoms with Crippen LogP contribution in [0.2, 0.25) is 10.0 Å². The minimum absolute atomic E-state index is 0.154. The molecule has 0 spiro atoms. The van der Waals surface area contributed by atoms with Crippen LogP contribution in [0.15, 0.2) is 36.4 Å². The highest BCUT2D eigenvalue weighted by atomic mass is 35.5. The molecular formula is C18H14Cl2N2O4. The van der Waals surface area contributed by atoms with Gasteiger partial charge in [-0.3, -0.25) is 9.59 Å². The molecule has 1 aliphatic heterocycles. The average molecular weight is 393 g/mol. The van der Waals surface area contributed by atoms with Crippen LogP contribution in [0.3, 0.4) is 0 Å². The lowest BCUT2D eigenvalue weighted by atomic mass is 10.0. The van der Waals surface area contributed by atoms with E-state index in [9.17, 15) is 9.59 Å². The van der Waals surface area contributed by atoms with Crippen LogP contribution in [0.5, 0.6) is 11.5 Å². The summed E-state index contributed by atoms with van der Waals surface area (Å²) in [5, 5.41) is 6.27. The van der Waals surface area contributed by atoms with Crippen LogP contribution in [-0.2, 0) is 9.59 Å². The zero-order valence-corrected chi connectivity index (χ0v) is 15.0. The SMILES string of the molecule is O=C(Nc1ccc2c(c1)OCO2)C1(C(=O)Nc2ccc(Cl)cc2Cl)CC1. The Morgan fingerprint density at radius 1 is 0.923 bits per heavy atom. The van der Waals surface area contributed by atoms with Crippen LogP contribution in [-0.4, -0.2) is 18.6 Å². The molecule has 2 aromatic rings. The Morgan fingerprint density at radius 3 is 2.38 bits per heavy atom. The molecule has 0 atom stereocenters. The molecule has 8 heteroatoms. The highest BCUT2D eigenvalue weighted by molar-refractivity contribution is 6.37. The first-order valence-corrected chi connectivity index (χ1v) is 8.71. The van der Waals surface area contributed by atoms with Crippen molar-refractivity contribution >= 4 is 46.4 Å². The van der Waals surface area contributed by atoms with Crippen LogP contribution in [0.1, 0.15) is 12.8 Å². The van der Waals surface area contributed by atoms with Crippen LogP contribution in [0.25, 0.3) is 0 Å². The Bertz CT molecular complexity index is 912. The molecular weight excluding hydrogens is 379 g/mol. The second-order valence-electron chi connectivity index (χ2n) is 6.18. The fraction of sp³-hybridized carbons (Fsp3) is 0.222. The smallest absolute Gasteiger partial charge is 0.240 e. The molecule has 0 aromatic heterocycles. The molecule has 1 fully saturated rings. The fourth-order valence-electron chi connectivity index (χ4n) is 2.74. The molecule has 4 rings (SSSR count). The van der Waals surface area contributed by atoms with Crippen molar-refractivity contribution in [2.75, 3.05) is 17.4 Å². The van der Waals surface area contributed by atoms with Gasteiger partial charge in [-0.05, 0) is 43.2 Å². The van der Waals surface area contributed by atoms with E-state index in [0.717, 1.165) is 0 Å². The summed E-state index contributed by atoms with van der Waals surface area (Å²) in [7, 11) is 0. The van der Waals surface area contributed by atoms with E-state index in [1.54, 1.807) is 30.3 Å². The summed E-state index contributed by atoms with van der Waals surface area (Å²) in [5.41, 5.74) is -0.134. The maximum absolute atomic E-state index is 12.7. The zero-order chi connectivity index (χ0) is 18.3. The van der Waals surface area contributed by atoms with Gasteiger partial charge < -0.3 is 20.1 Å². The Labute approximate surface area is 159 Å². The molecule has 0 unspecified atom stereocenters. The summed E-state index contributed by atoms with van der Waals surface area (Å²) >= 11 is 11.9. The van der Waals surface area contributed by atoms with Crippen LogP contribution in [0.4, 0.5) is 11.4 Å². The number of benzene rings is 2. The minimum Gasteiger partial charge on any atom is -0.454 e. The first kappa shape index (κ1) is 17.0. The highest BCUT2D eigenvalue weighted by Crippen LogP contribution is 2.48. The molecule has 6 nitrogen and oxygen atoms in total. The lowest BCUT2D eigenvalue weighted by molar-refractivity contribution is -0.131. The Balaban J connectivity index is 1.47. The maximum atomic E-state index is 12.7. The monoisotopic (exact) mass is 392 g/mol. The number of rotatable bonds is 4. The number of nitrogens with one attached hydrogen (secondary N) is 2. The van der Waals surface area contributed by atoms with Crippen molar-refractivity contribution in [3.05, 3.63) is 46.4 Å². The van der Waals surface area contributed by atoms with Crippen LogP contribution >= 0.6 is 23.2 Å². The quantitative estimate of drug-likeness (QED) is 0.768. The van der Waals surface area contributed by atoms with E-state index in [1.807, 2.05) is 0 Å². The van der Waals surface area contributed by atoms with Gasteiger partial charge in [0.05, 0.1) is 10.7 Å². The average Bonchev–Trinajstić information content (AvgIpc) is 3.30. The number of amides is 2. The van der Waals surface area contributed by atoms with Gasteiger partial charge in [-0.2, -0.15) is 0 Å². The molecule has 0 radical (unpaired) electrons. The first-order chi connectivity index (χ1) is 12.5. The van der Waals surface area contributed by atoms with Gasteiger partial charge in [0.2, 0.25) is 18.6 Å². The number of carbonyl (C=O) groups is 2. The van der Waals surface area contributed by atoms with Gasteiger partial charge in [0.1, 0.15) is 5.41 Å². The van der Waals surface area contributed by atoms with E-state index in [4.69, 9.17) is 32.7 Å². The van der Waals surface area contributed by atoms with Gasteiger partial charge >= 0.3 is 0 Å². The van der Waals surface area contributed by atoms with Crippen molar-refractivity contribution in [3.8, 4) is 11.5 Å². The van der Waals surface area contributed by atoms with Gasteiger partial charge in [0.25, 0.3) is 0 Å². The van der Waals surface area contributed by atoms with Gasteiger partial charge in [-0.25, -0.2) is 0 Å². The summed E-state index contributed by atoms with van der Waals surface area (Å²) in [5.74, 6) is 0.434. The molecule has 2 aromatic carbocycles. The minimum atomic E-state index is -1.10. The normalized spacial score (nSPS) is 16.1. The van der Waals surface area contributed by atoms with Crippen molar-refractivity contribution in [2.45, 2.75) is 12.8 Å². The third-order valence-corrected chi connectivity index (χ3v) is 4.98. The number of halogens is 2. The third kappa shape index (κ3) is 3.06. The van der Waals surface area contributed by atoms with Crippen LogP contribution < -0.4 is 20.1 Å². The molecule has 0 bridgehead atoms. The van der Waals surface area contributed by atoms with Crippen molar-refractivity contribution < 1.29 is 19.1 Å². The maximum Gasteiger partial charge on any atom is 0.240 e. The Morgan fingerprint density at radius 2 is 1.65 bits per heavy atom. The van der Waals surface area contributed by atoms with Crippen molar-refractivity contribution in [2.24, 2.45) is 5.41 Å². The number of carbonyl (C=O) groups excluding carboxylic acids is 2. The van der Waals surface area contributed by atoms with Crippen molar-refractivity contribution in [1.82, 2.24) is 0 Å². The van der Waals surface area contributed by atoms with Gasteiger partial charge in [0, 0.05) is 16.8 Å². The van der Waals surface area contributed by atoms with E-state index in [2.05, 4.69) is 10.6 Å². The van der Waals surface area contributed by atoms with Gasteiger partial charge in [-0.15, -0.1) is 0 Å². The van der Waals surface area contributed by atoms with Crippen LogP contribution in [0, 0.1) is 5.41 Å². The molecule has 2 aliphatic rings. The molecule has 1 heterocycles. The summed E-state index contributed by atoms with van der Waals surface area (Å²) in [6.07, 6.45) is 0.945. The number of hydrogen-bond donors (Lipinski definition) is 2. The van der Waals surface area contributed by atoms with Gasteiger partial charge in [-0.1, -0.05) is 23.2 Å². The topological polar surface area (TPSA) is 76.7 Å². The fourth-order valence-corrected chi connectivity index (χ4v) is 3.20. The number of ether oxygens (including phenoxy) is 2. The number of anilines is 2. The molecule has 1 aliphatic carbocycles. The van der Waals surface area contributed by atoms with E-state index in [1.165, 1.54) is 6.07 Å². The summed E-state index contributed by atoms with van der Waals surface area (Å²) in [6, 6.07) is 9.85. The Kier molecular flexibility index (Phi) is 4.17. The molecule has 0 saturated heterocycles. The molecule has 1 saturated carbocycles. The van der Waals surface area contributed by atoms with E-state index in [0.29, 0.717) is 45.8 Å². The van der Waals surface area contributed by atoms with Gasteiger partial charge in [0.15, 0.2) is 11.5 Å². The lowest BCUT2D eigenvalue weighted by Gasteiger charge is -2.16. The molecule has 26 heavy (non-hydrogen) atoms. The number of hydrogen-bond acceptors (Lipinski definition) is 4. The summed E-state index contributed by atoms with van der Waals surface area (Å²) in [6.45, 7) is 0.154. The molecule has 2 N–H and O–H groups in total. The Hall–Kier alpha value is -2.44.